The Morgan fingerprint density at radius 2 is 2.38 bits per heavy atom. The third kappa shape index (κ3) is 2.77. The molecule has 0 spiro atoms. The minimum Gasteiger partial charge on any atom is -0.378 e. The van der Waals surface area contributed by atoms with Crippen LogP contribution >= 0.6 is 23.4 Å². The number of hydrogen-bond acceptors (Lipinski definition) is 2. The van der Waals surface area contributed by atoms with E-state index in [0.29, 0.717) is 6.10 Å². The molecule has 0 aromatic heterocycles. The van der Waals surface area contributed by atoms with Gasteiger partial charge < -0.3 is 4.74 Å². The highest BCUT2D eigenvalue weighted by atomic mass is 35.5. The number of halogens is 1. The molecule has 2 unspecified atom stereocenters. The predicted molar refractivity (Wildman–Crippen MR) is 60.8 cm³/mol. The Hall–Kier alpha value is 0.600. The zero-order chi connectivity index (χ0) is 9.73. The summed E-state index contributed by atoms with van der Waals surface area (Å²) in [5.74, 6) is 1.99. The zero-order valence-corrected chi connectivity index (χ0v) is 10.1. The first-order valence-corrected chi connectivity index (χ1v) is 6.84. The highest BCUT2D eigenvalue weighted by Crippen LogP contribution is 2.40. The van der Waals surface area contributed by atoms with Crippen LogP contribution in [0.3, 0.4) is 0 Å². The van der Waals surface area contributed by atoms with Crippen molar-refractivity contribution < 1.29 is 4.74 Å². The van der Waals surface area contributed by atoms with Crippen LogP contribution in [0.4, 0.5) is 0 Å². The summed E-state index contributed by atoms with van der Waals surface area (Å²) in [6, 6.07) is 0. The van der Waals surface area contributed by atoms with Gasteiger partial charge in [-0.2, -0.15) is 11.8 Å². The van der Waals surface area contributed by atoms with Gasteiger partial charge >= 0.3 is 0 Å². The van der Waals surface area contributed by atoms with E-state index in [1.165, 1.54) is 18.6 Å². The van der Waals surface area contributed by atoms with Crippen molar-refractivity contribution in [2.75, 3.05) is 24.5 Å². The first-order valence-electron chi connectivity index (χ1n) is 4.92. The smallest absolute Gasteiger partial charge is 0.0615 e. The molecule has 3 heteroatoms. The molecule has 1 rings (SSSR count). The summed E-state index contributed by atoms with van der Waals surface area (Å²) in [6.07, 6.45) is 6.14. The fourth-order valence-corrected chi connectivity index (χ4v) is 2.88. The number of rotatable bonds is 5. The SMILES string of the molecule is CSCCCC1(CCl)CCOC1C. The molecule has 0 saturated carbocycles. The minimum absolute atomic E-state index is 0.275. The van der Waals surface area contributed by atoms with Gasteiger partial charge in [0.2, 0.25) is 0 Å². The zero-order valence-electron chi connectivity index (χ0n) is 8.51. The average Bonchev–Trinajstić information content (AvgIpc) is 2.49. The maximum Gasteiger partial charge on any atom is 0.0615 e. The summed E-state index contributed by atoms with van der Waals surface area (Å²) >= 11 is 7.96. The molecular weight excluding hydrogens is 204 g/mol. The molecule has 13 heavy (non-hydrogen) atoms. The molecule has 0 aromatic rings. The van der Waals surface area contributed by atoms with E-state index in [9.17, 15) is 0 Å². The van der Waals surface area contributed by atoms with E-state index in [1.54, 1.807) is 0 Å². The van der Waals surface area contributed by atoms with E-state index in [-0.39, 0.29) is 5.41 Å². The molecule has 1 aliphatic rings. The van der Waals surface area contributed by atoms with Crippen LogP contribution in [-0.2, 0) is 4.74 Å². The summed E-state index contributed by atoms with van der Waals surface area (Å²) in [7, 11) is 0. The first-order chi connectivity index (χ1) is 6.25. The molecule has 1 fully saturated rings. The third-order valence-electron chi connectivity index (χ3n) is 3.12. The van der Waals surface area contributed by atoms with Crippen molar-refractivity contribution in [2.24, 2.45) is 5.41 Å². The Morgan fingerprint density at radius 1 is 1.62 bits per heavy atom. The molecule has 1 aliphatic heterocycles. The van der Waals surface area contributed by atoms with Gasteiger partial charge in [0.1, 0.15) is 0 Å². The van der Waals surface area contributed by atoms with Crippen molar-refractivity contribution in [3.05, 3.63) is 0 Å². The van der Waals surface area contributed by atoms with Crippen LogP contribution in [0.5, 0.6) is 0 Å². The lowest BCUT2D eigenvalue weighted by Crippen LogP contribution is -2.30. The second-order valence-corrected chi connectivity index (χ2v) is 5.11. The Kier molecular flexibility index (Phi) is 4.91. The van der Waals surface area contributed by atoms with Crippen LogP contribution in [-0.4, -0.2) is 30.6 Å². The van der Waals surface area contributed by atoms with Crippen molar-refractivity contribution in [2.45, 2.75) is 32.3 Å². The molecule has 1 heterocycles. The van der Waals surface area contributed by atoms with Gasteiger partial charge in [-0.15, -0.1) is 11.6 Å². The Balaban J connectivity index is 2.39. The molecule has 0 bridgehead atoms. The van der Waals surface area contributed by atoms with Crippen molar-refractivity contribution in [1.82, 2.24) is 0 Å². The molecule has 0 aromatic carbocycles. The van der Waals surface area contributed by atoms with E-state index >= 15 is 0 Å². The van der Waals surface area contributed by atoms with Gasteiger partial charge in [-0.3, -0.25) is 0 Å². The third-order valence-corrected chi connectivity index (χ3v) is 4.35. The highest BCUT2D eigenvalue weighted by molar-refractivity contribution is 7.98. The number of alkyl halides is 1. The maximum absolute atomic E-state index is 6.05. The van der Waals surface area contributed by atoms with Gasteiger partial charge in [-0.05, 0) is 38.2 Å². The van der Waals surface area contributed by atoms with E-state index in [4.69, 9.17) is 16.3 Å². The van der Waals surface area contributed by atoms with Crippen LogP contribution in [0.2, 0.25) is 0 Å². The largest absolute Gasteiger partial charge is 0.378 e. The Morgan fingerprint density at radius 3 is 2.85 bits per heavy atom. The summed E-state index contributed by atoms with van der Waals surface area (Å²) in [4.78, 5) is 0. The Bertz CT molecular complexity index is 154. The van der Waals surface area contributed by atoms with Crippen molar-refractivity contribution in [3.63, 3.8) is 0 Å². The lowest BCUT2D eigenvalue weighted by Gasteiger charge is -2.29. The van der Waals surface area contributed by atoms with Crippen molar-refractivity contribution in [3.8, 4) is 0 Å². The van der Waals surface area contributed by atoms with Crippen LogP contribution < -0.4 is 0 Å². The van der Waals surface area contributed by atoms with E-state index in [0.717, 1.165) is 18.9 Å². The maximum atomic E-state index is 6.05. The normalized spacial score (nSPS) is 33.9. The topological polar surface area (TPSA) is 9.23 Å². The first kappa shape index (κ1) is 11.7. The Labute approximate surface area is 90.6 Å². The van der Waals surface area contributed by atoms with Crippen LogP contribution in [0.15, 0.2) is 0 Å². The molecule has 2 atom stereocenters. The van der Waals surface area contributed by atoms with Crippen LogP contribution in [0.1, 0.15) is 26.2 Å². The number of ether oxygens (including phenoxy) is 1. The number of thioether (sulfide) groups is 1. The summed E-state index contributed by atoms with van der Waals surface area (Å²) in [6.45, 7) is 3.06. The standard InChI is InChI=1S/C10H19ClOS/c1-9-10(8-11,5-6-12-9)4-3-7-13-2/h9H,3-8H2,1-2H3. The summed E-state index contributed by atoms with van der Waals surface area (Å²) < 4.78 is 5.60. The van der Waals surface area contributed by atoms with E-state index in [1.807, 2.05) is 11.8 Å². The summed E-state index contributed by atoms with van der Waals surface area (Å²) in [5, 5.41) is 0. The second kappa shape index (κ2) is 5.47. The predicted octanol–water partition coefficient (Wildman–Crippen LogP) is 3.16. The van der Waals surface area contributed by atoms with Gasteiger partial charge in [0.05, 0.1) is 6.10 Å². The van der Waals surface area contributed by atoms with Crippen LogP contribution in [0.25, 0.3) is 0 Å². The van der Waals surface area contributed by atoms with Crippen LogP contribution in [0, 0.1) is 5.41 Å². The molecule has 0 aliphatic carbocycles. The molecule has 0 amide bonds. The lowest BCUT2D eigenvalue weighted by molar-refractivity contribution is 0.0693. The van der Waals surface area contributed by atoms with Gasteiger partial charge in [-0.1, -0.05) is 0 Å². The fourth-order valence-electron chi connectivity index (χ4n) is 1.96. The van der Waals surface area contributed by atoms with Gasteiger partial charge in [0, 0.05) is 17.9 Å². The monoisotopic (exact) mass is 222 g/mol. The minimum atomic E-state index is 0.275. The molecule has 1 saturated heterocycles. The molecule has 1 nitrogen and oxygen atoms in total. The van der Waals surface area contributed by atoms with E-state index in [2.05, 4.69) is 13.2 Å². The van der Waals surface area contributed by atoms with Crippen molar-refractivity contribution >= 4 is 23.4 Å². The van der Waals surface area contributed by atoms with Gasteiger partial charge in [-0.25, -0.2) is 0 Å². The fraction of sp³-hybridized carbons (Fsp3) is 1.00. The molecule has 0 radical (unpaired) electrons. The van der Waals surface area contributed by atoms with Crippen molar-refractivity contribution in [1.29, 1.82) is 0 Å². The average molecular weight is 223 g/mol. The molecular formula is C10H19ClOS. The highest BCUT2D eigenvalue weighted by Gasteiger charge is 2.39. The second-order valence-electron chi connectivity index (χ2n) is 3.86. The van der Waals surface area contributed by atoms with Gasteiger partial charge in [0.25, 0.3) is 0 Å². The lowest BCUT2D eigenvalue weighted by atomic mass is 9.80. The summed E-state index contributed by atoms with van der Waals surface area (Å²) in [5.41, 5.74) is 0.275. The van der Waals surface area contributed by atoms with Gasteiger partial charge in [0.15, 0.2) is 0 Å². The van der Waals surface area contributed by atoms with E-state index < -0.39 is 0 Å². The molecule has 78 valence electrons. The quantitative estimate of drug-likeness (QED) is 0.522. The number of hydrogen-bond donors (Lipinski definition) is 0. The molecule has 0 N–H and O–H groups in total.